The van der Waals surface area contributed by atoms with E-state index in [0.29, 0.717) is 12.3 Å². The van der Waals surface area contributed by atoms with Gasteiger partial charge in [-0.05, 0) is 11.7 Å². The van der Waals surface area contributed by atoms with Gasteiger partial charge in [-0.2, -0.15) is 17.7 Å². The fourth-order valence-corrected chi connectivity index (χ4v) is 2.20. The summed E-state index contributed by atoms with van der Waals surface area (Å²) in [6.45, 7) is 7.09. The number of amides is 1. The van der Waals surface area contributed by atoms with Gasteiger partial charge in [0.25, 0.3) is 0 Å². The number of H-pyrrole nitrogens is 1. The highest BCUT2D eigenvalue weighted by atomic mass is 32.1. The number of hydrogen-bond acceptors (Lipinski definition) is 3. The van der Waals surface area contributed by atoms with E-state index in [1.807, 2.05) is 6.07 Å². The Hall–Kier alpha value is -0.970. The molecule has 1 aliphatic rings. The number of anilines is 1. The highest BCUT2D eigenvalue weighted by Gasteiger charge is 2.31. The minimum atomic E-state index is 0.0248. The lowest BCUT2D eigenvalue weighted by molar-refractivity contribution is -0.117. The topological polar surface area (TPSA) is 49.0 Å². The summed E-state index contributed by atoms with van der Waals surface area (Å²) in [4.78, 5) is 13.6. The van der Waals surface area contributed by atoms with Crippen LogP contribution >= 0.6 is 12.6 Å². The van der Waals surface area contributed by atoms with Gasteiger partial charge in [0.1, 0.15) is 0 Å². The Labute approximate surface area is 107 Å². The molecule has 0 aromatic carbocycles. The van der Waals surface area contributed by atoms with Crippen LogP contribution in [0.15, 0.2) is 6.07 Å². The molecule has 1 aromatic heterocycles. The number of nitrogens with zero attached hydrogens (tertiary/aromatic N) is 2. The minimum absolute atomic E-state index is 0.0248. The third kappa shape index (κ3) is 2.49. The van der Waals surface area contributed by atoms with Gasteiger partial charge < -0.3 is 0 Å². The van der Waals surface area contributed by atoms with E-state index in [0.717, 1.165) is 23.8 Å². The first-order chi connectivity index (χ1) is 7.91. The van der Waals surface area contributed by atoms with Crippen molar-refractivity contribution in [2.75, 3.05) is 17.2 Å². The summed E-state index contributed by atoms with van der Waals surface area (Å²) in [5.41, 5.74) is 1.08. The average molecular weight is 253 g/mol. The Kier molecular flexibility index (Phi) is 3.21. The van der Waals surface area contributed by atoms with Gasteiger partial charge in [-0.25, -0.2) is 0 Å². The fraction of sp³-hybridized carbons (Fsp3) is 0.667. The molecule has 4 nitrogen and oxygen atoms in total. The SMILES string of the molecule is CC(C)(C)c1cc(N2CC(CS)CC2=O)n[nH]1. The van der Waals surface area contributed by atoms with Crippen LogP contribution in [0.25, 0.3) is 0 Å². The quantitative estimate of drug-likeness (QED) is 0.792. The number of aromatic nitrogens is 2. The monoisotopic (exact) mass is 253 g/mol. The maximum Gasteiger partial charge on any atom is 0.228 e. The van der Waals surface area contributed by atoms with Crippen molar-refractivity contribution in [3.63, 3.8) is 0 Å². The Balaban J connectivity index is 2.19. The van der Waals surface area contributed by atoms with Gasteiger partial charge in [-0.1, -0.05) is 20.8 Å². The second-order valence-corrected chi connectivity index (χ2v) is 6.01. The smallest absolute Gasteiger partial charge is 0.228 e. The molecule has 1 aliphatic heterocycles. The van der Waals surface area contributed by atoms with Crippen LogP contribution in [0.2, 0.25) is 0 Å². The normalized spacial score (nSPS) is 21.3. The molecule has 0 bridgehead atoms. The second kappa shape index (κ2) is 4.37. The van der Waals surface area contributed by atoms with Gasteiger partial charge >= 0.3 is 0 Å². The Morgan fingerprint density at radius 1 is 1.59 bits per heavy atom. The average Bonchev–Trinajstić information content (AvgIpc) is 2.82. The van der Waals surface area contributed by atoms with Crippen molar-refractivity contribution in [2.24, 2.45) is 5.92 Å². The molecule has 1 fully saturated rings. The third-order valence-electron chi connectivity index (χ3n) is 3.11. The van der Waals surface area contributed by atoms with Crippen molar-refractivity contribution in [1.29, 1.82) is 0 Å². The van der Waals surface area contributed by atoms with E-state index in [-0.39, 0.29) is 11.3 Å². The van der Waals surface area contributed by atoms with Crippen molar-refractivity contribution >= 4 is 24.4 Å². The highest BCUT2D eigenvalue weighted by molar-refractivity contribution is 7.80. The lowest BCUT2D eigenvalue weighted by atomic mass is 9.92. The number of nitrogens with one attached hydrogen (secondary N) is 1. The molecule has 94 valence electrons. The van der Waals surface area contributed by atoms with E-state index in [4.69, 9.17) is 0 Å². The zero-order valence-corrected chi connectivity index (χ0v) is 11.4. The molecule has 5 heteroatoms. The van der Waals surface area contributed by atoms with Crippen molar-refractivity contribution in [1.82, 2.24) is 10.2 Å². The van der Waals surface area contributed by atoms with Crippen molar-refractivity contribution in [2.45, 2.75) is 32.6 Å². The summed E-state index contributed by atoms with van der Waals surface area (Å²) in [5.74, 6) is 1.99. The molecule has 2 rings (SSSR count). The van der Waals surface area contributed by atoms with E-state index in [1.54, 1.807) is 4.90 Å². The molecule has 0 radical (unpaired) electrons. The van der Waals surface area contributed by atoms with E-state index in [2.05, 4.69) is 43.6 Å². The van der Waals surface area contributed by atoms with Gasteiger partial charge in [0.15, 0.2) is 5.82 Å². The van der Waals surface area contributed by atoms with Gasteiger partial charge in [-0.15, -0.1) is 0 Å². The molecular formula is C12H19N3OS. The highest BCUT2D eigenvalue weighted by Crippen LogP contribution is 2.28. The van der Waals surface area contributed by atoms with Crippen LogP contribution in [0.3, 0.4) is 0 Å². The molecular weight excluding hydrogens is 234 g/mol. The maximum absolute atomic E-state index is 11.8. The van der Waals surface area contributed by atoms with Crippen LogP contribution < -0.4 is 4.90 Å². The van der Waals surface area contributed by atoms with E-state index < -0.39 is 0 Å². The first-order valence-electron chi connectivity index (χ1n) is 5.89. The third-order valence-corrected chi connectivity index (χ3v) is 3.63. The summed E-state index contributed by atoms with van der Waals surface area (Å²) < 4.78 is 0. The molecule has 1 saturated heterocycles. The largest absolute Gasteiger partial charge is 0.295 e. The standard InChI is InChI=1S/C12H19N3OS/c1-12(2,3)9-5-10(14-13-9)15-6-8(7-17)4-11(15)16/h5,8,17H,4,6-7H2,1-3H3,(H,13,14). The molecule has 0 saturated carbocycles. The minimum Gasteiger partial charge on any atom is -0.295 e. The van der Waals surface area contributed by atoms with Crippen LogP contribution in [0.4, 0.5) is 5.82 Å². The molecule has 1 aromatic rings. The first-order valence-corrected chi connectivity index (χ1v) is 6.52. The van der Waals surface area contributed by atoms with Gasteiger partial charge in [0, 0.05) is 30.1 Å². The zero-order valence-electron chi connectivity index (χ0n) is 10.5. The second-order valence-electron chi connectivity index (χ2n) is 5.65. The molecule has 1 atom stereocenters. The lowest BCUT2D eigenvalue weighted by Crippen LogP contribution is -2.25. The van der Waals surface area contributed by atoms with Gasteiger partial charge in [0.05, 0.1) is 0 Å². The number of carbonyl (C=O) groups is 1. The summed E-state index contributed by atoms with van der Waals surface area (Å²) in [5, 5.41) is 7.25. The number of carbonyl (C=O) groups excluding carboxylic acids is 1. The molecule has 0 spiro atoms. The van der Waals surface area contributed by atoms with E-state index in [9.17, 15) is 4.79 Å². The molecule has 17 heavy (non-hydrogen) atoms. The Morgan fingerprint density at radius 3 is 2.76 bits per heavy atom. The molecule has 1 amide bonds. The molecule has 2 heterocycles. The zero-order chi connectivity index (χ0) is 12.6. The Morgan fingerprint density at radius 2 is 2.29 bits per heavy atom. The van der Waals surface area contributed by atoms with E-state index in [1.165, 1.54) is 0 Å². The van der Waals surface area contributed by atoms with Gasteiger partial charge in [-0.3, -0.25) is 14.8 Å². The number of aromatic amines is 1. The summed E-state index contributed by atoms with van der Waals surface area (Å²) >= 11 is 4.25. The van der Waals surface area contributed by atoms with Crippen LogP contribution in [-0.4, -0.2) is 28.4 Å². The van der Waals surface area contributed by atoms with Crippen LogP contribution in [0.1, 0.15) is 32.9 Å². The number of hydrogen-bond donors (Lipinski definition) is 2. The van der Waals surface area contributed by atoms with Crippen molar-refractivity contribution in [3.8, 4) is 0 Å². The number of rotatable bonds is 2. The number of thiol groups is 1. The molecule has 1 N–H and O–H groups in total. The predicted octanol–water partition coefficient (Wildman–Crippen LogP) is 1.99. The van der Waals surface area contributed by atoms with Crippen molar-refractivity contribution in [3.05, 3.63) is 11.8 Å². The van der Waals surface area contributed by atoms with E-state index >= 15 is 0 Å². The first kappa shape index (κ1) is 12.5. The van der Waals surface area contributed by atoms with Gasteiger partial charge in [0.2, 0.25) is 5.91 Å². The summed E-state index contributed by atoms with van der Waals surface area (Å²) in [6.07, 6.45) is 0.585. The fourth-order valence-electron chi connectivity index (χ4n) is 1.96. The molecule has 1 unspecified atom stereocenters. The predicted molar refractivity (Wildman–Crippen MR) is 71.6 cm³/mol. The maximum atomic E-state index is 11.8. The van der Waals surface area contributed by atoms with Crippen LogP contribution in [0.5, 0.6) is 0 Å². The molecule has 0 aliphatic carbocycles. The van der Waals surface area contributed by atoms with Crippen LogP contribution in [-0.2, 0) is 10.2 Å². The summed E-state index contributed by atoms with van der Waals surface area (Å²) in [7, 11) is 0. The summed E-state index contributed by atoms with van der Waals surface area (Å²) in [6, 6.07) is 1.97. The van der Waals surface area contributed by atoms with Crippen LogP contribution in [0, 0.1) is 5.92 Å². The Bertz CT molecular complexity index is 422. The van der Waals surface area contributed by atoms with Crippen molar-refractivity contribution < 1.29 is 4.79 Å². The lowest BCUT2D eigenvalue weighted by Gasteiger charge is -2.15.